The standard InChI is InChI=1S/C17H16N4OS/c22-16(18-13-9-10-13)15(12-6-2-1-3-7-12)23-17-20-19-14-8-4-5-11-21(14)17/h1-8,11,13,15H,9-10H2,(H,18,22)/t15-/m0/s1. The SMILES string of the molecule is O=C(NC1CC1)[C@@H](Sc1nnc2ccccn12)c1ccccc1. The molecule has 23 heavy (non-hydrogen) atoms. The van der Waals surface area contributed by atoms with E-state index in [1.165, 1.54) is 11.8 Å². The second kappa shape index (κ2) is 6.04. The van der Waals surface area contributed by atoms with Gasteiger partial charge in [-0.15, -0.1) is 10.2 Å². The van der Waals surface area contributed by atoms with Crippen molar-refractivity contribution in [1.82, 2.24) is 19.9 Å². The second-order valence-electron chi connectivity index (χ2n) is 5.60. The molecule has 0 unspecified atom stereocenters. The largest absolute Gasteiger partial charge is 0.352 e. The number of carbonyl (C=O) groups is 1. The Hall–Kier alpha value is -2.34. The molecule has 3 aromatic rings. The van der Waals surface area contributed by atoms with E-state index in [9.17, 15) is 4.79 Å². The predicted octanol–water partition coefficient (Wildman–Crippen LogP) is 2.84. The summed E-state index contributed by atoms with van der Waals surface area (Å²) in [5, 5.41) is 11.9. The molecule has 1 N–H and O–H groups in total. The Kier molecular flexibility index (Phi) is 3.75. The van der Waals surface area contributed by atoms with Crippen LogP contribution in [0.4, 0.5) is 0 Å². The van der Waals surface area contributed by atoms with Gasteiger partial charge in [-0.1, -0.05) is 48.2 Å². The van der Waals surface area contributed by atoms with Crippen molar-refractivity contribution in [3.8, 4) is 0 Å². The van der Waals surface area contributed by atoms with Gasteiger partial charge in [0, 0.05) is 12.2 Å². The molecule has 116 valence electrons. The van der Waals surface area contributed by atoms with Crippen LogP contribution in [0.2, 0.25) is 0 Å². The van der Waals surface area contributed by atoms with E-state index in [-0.39, 0.29) is 11.2 Å². The van der Waals surface area contributed by atoms with Crippen molar-refractivity contribution in [1.29, 1.82) is 0 Å². The first kappa shape index (κ1) is 14.3. The van der Waals surface area contributed by atoms with Crippen molar-refractivity contribution in [3.05, 3.63) is 60.3 Å². The van der Waals surface area contributed by atoms with E-state index < -0.39 is 0 Å². The maximum atomic E-state index is 12.7. The van der Waals surface area contributed by atoms with E-state index in [0.29, 0.717) is 6.04 Å². The molecular formula is C17H16N4OS. The highest BCUT2D eigenvalue weighted by molar-refractivity contribution is 8.00. The van der Waals surface area contributed by atoms with Gasteiger partial charge in [-0.3, -0.25) is 9.20 Å². The van der Waals surface area contributed by atoms with Crippen molar-refractivity contribution >= 4 is 23.3 Å². The van der Waals surface area contributed by atoms with Crippen LogP contribution in [-0.4, -0.2) is 26.5 Å². The summed E-state index contributed by atoms with van der Waals surface area (Å²) in [5.41, 5.74) is 1.76. The minimum atomic E-state index is -0.329. The van der Waals surface area contributed by atoms with Crippen LogP contribution in [0.25, 0.3) is 5.65 Å². The number of fused-ring (bicyclic) bond motifs is 1. The Morgan fingerprint density at radius 2 is 1.91 bits per heavy atom. The Labute approximate surface area is 138 Å². The van der Waals surface area contributed by atoms with E-state index in [1.54, 1.807) is 0 Å². The lowest BCUT2D eigenvalue weighted by molar-refractivity contribution is -0.120. The van der Waals surface area contributed by atoms with Gasteiger partial charge >= 0.3 is 0 Å². The van der Waals surface area contributed by atoms with Crippen LogP contribution in [0, 0.1) is 0 Å². The fraction of sp³-hybridized carbons (Fsp3) is 0.235. The molecule has 1 atom stereocenters. The first-order valence-electron chi connectivity index (χ1n) is 7.63. The van der Waals surface area contributed by atoms with Crippen LogP contribution in [0.3, 0.4) is 0 Å². The third-order valence-corrected chi connectivity index (χ3v) is 4.98. The number of rotatable bonds is 5. The highest BCUT2D eigenvalue weighted by Gasteiger charge is 2.30. The molecule has 0 aliphatic heterocycles. The lowest BCUT2D eigenvalue weighted by Crippen LogP contribution is -2.29. The van der Waals surface area contributed by atoms with E-state index >= 15 is 0 Å². The number of pyridine rings is 1. The average molecular weight is 324 g/mol. The third-order valence-electron chi connectivity index (χ3n) is 3.77. The van der Waals surface area contributed by atoms with Gasteiger partial charge < -0.3 is 5.32 Å². The van der Waals surface area contributed by atoms with Crippen molar-refractivity contribution in [2.75, 3.05) is 0 Å². The Bertz CT molecular complexity index is 829. The zero-order valence-electron chi connectivity index (χ0n) is 12.4. The van der Waals surface area contributed by atoms with E-state index in [1.807, 2.05) is 59.1 Å². The number of thioether (sulfide) groups is 1. The second-order valence-corrected chi connectivity index (χ2v) is 6.68. The predicted molar refractivity (Wildman–Crippen MR) is 89.2 cm³/mol. The average Bonchev–Trinajstić information content (AvgIpc) is 3.31. The number of benzene rings is 1. The van der Waals surface area contributed by atoms with Crippen LogP contribution in [0.15, 0.2) is 59.9 Å². The lowest BCUT2D eigenvalue weighted by Gasteiger charge is -2.15. The van der Waals surface area contributed by atoms with Gasteiger partial charge in [-0.2, -0.15) is 0 Å². The number of nitrogens with zero attached hydrogens (tertiary/aromatic N) is 3. The van der Waals surface area contributed by atoms with E-state index in [2.05, 4.69) is 15.5 Å². The third kappa shape index (κ3) is 3.07. The molecule has 1 fully saturated rings. The monoisotopic (exact) mass is 324 g/mol. The summed E-state index contributed by atoms with van der Waals surface area (Å²) >= 11 is 1.43. The molecule has 0 spiro atoms. The maximum Gasteiger partial charge on any atom is 0.238 e. The van der Waals surface area contributed by atoms with Crippen LogP contribution in [-0.2, 0) is 4.79 Å². The zero-order chi connectivity index (χ0) is 15.6. The van der Waals surface area contributed by atoms with Gasteiger partial charge in [0.2, 0.25) is 5.91 Å². The number of hydrogen-bond donors (Lipinski definition) is 1. The number of carbonyl (C=O) groups excluding carboxylic acids is 1. The molecule has 1 aliphatic carbocycles. The molecule has 1 amide bonds. The van der Waals surface area contributed by atoms with Crippen molar-refractivity contribution < 1.29 is 4.79 Å². The lowest BCUT2D eigenvalue weighted by atomic mass is 10.1. The molecule has 0 saturated heterocycles. The van der Waals surface area contributed by atoms with Crippen molar-refractivity contribution in [3.63, 3.8) is 0 Å². The summed E-state index contributed by atoms with van der Waals surface area (Å²) in [6.45, 7) is 0. The molecular weight excluding hydrogens is 308 g/mol. The summed E-state index contributed by atoms with van der Waals surface area (Å²) in [4.78, 5) is 12.7. The van der Waals surface area contributed by atoms with Crippen molar-refractivity contribution in [2.24, 2.45) is 0 Å². The fourth-order valence-corrected chi connectivity index (χ4v) is 3.45. The molecule has 1 aromatic carbocycles. The fourth-order valence-electron chi connectivity index (χ4n) is 2.41. The highest BCUT2D eigenvalue weighted by atomic mass is 32.2. The normalized spacial score (nSPS) is 15.5. The van der Waals surface area contributed by atoms with E-state index in [4.69, 9.17) is 0 Å². The molecule has 6 heteroatoms. The van der Waals surface area contributed by atoms with Crippen LogP contribution in [0.5, 0.6) is 0 Å². The minimum Gasteiger partial charge on any atom is -0.352 e. The summed E-state index contributed by atoms with van der Waals surface area (Å²) in [7, 11) is 0. The molecule has 0 bridgehead atoms. The van der Waals surface area contributed by atoms with Gasteiger partial charge in [0.05, 0.1) is 0 Å². The van der Waals surface area contributed by atoms with Crippen LogP contribution >= 0.6 is 11.8 Å². The smallest absolute Gasteiger partial charge is 0.238 e. The topological polar surface area (TPSA) is 59.3 Å². The number of nitrogens with one attached hydrogen (secondary N) is 1. The maximum absolute atomic E-state index is 12.7. The number of aromatic nitrogens is 3. The molecule has 2 heterocycles. The Morgan fingerprint density at radius 3 is 2.70 bits per heavy atom. The van der Waals surface area contributed by atoms with Gasteiger partial charge in [0.1, 0.15) is 5.25 Å². The Morgan fingerprint density at radius 1 is 1.13 bits per heavy atom. The van der Waals surface area contributed by atoms with Gasteiger partial charge in [0.25, 0.3) is 0 Å². The number of amides is 1. The first-order valence-corrected chi connectivity index (χ1v) is 8.51. The number of hydrogen-bond acceptors (Lipinski definition) is 4. The van der Waals surface area contributed by atoms with Gasteiger partial charge in [-0.05, 0) is 30.5 Å². The molecule has 2 aromatic heterocycles. The molecule has 1 aliphatic rings. The van der Waals surface area contributed by atoms with Gasteiger partial charge in [0.15, 0.2) is 10.8 Å². The molecule has 5 nitrogen and oxygen atoms in total. The van der Waals surface area contributed by atoms with Gasteiger partial charge in [-0.25, -0.2) is 0 Å². The molecule has 4 rings (SSSR count). The molecule has 1 saturated carbocycles. The first-order chi connectivity index (χ1) is 11.3. The summed E-state index contributed by atoms with van der Waals surface area (Å²) in [6, 6.07) is 15.9. The van der Waals surface area contributed by atoms with Crippen LogP contribution in [0.1, 0.15) is 23.7 Å². The highest BCUT2D eigenvalue weighted by Crippen LogP contribution is 2.35. The Balaban J connectivity index is 1.65. The quantitative estimate of drug-likeness (QED) is 0.733. The van der Waals surface area contributed by atoms with E-state index in [0.717, 1.165) is 29.2 Å². The summed E-state index contributed by atoms with van der Waals surface area (Å²) in [6.07, 6.45) is 4.07. The van der Waals surface area contributed by atoms with Crippen LogP contribution < -0.4 is 5.32 Å². The summed E-state index contributed by atoms with van der Waals surface area (Å²) < 4.78 is 1.91. The zero-order valence-corrected chi connectivity index (χ0v) is 13.2. The molecule has 0 radical (unpaired) electrons. The van der Waals surface area contributed by atoms with Crippen molar-refractivity contribution in [2.45, 2.75) is 29.3 Å². The minimum absolute atomic E-state index is 0.0383. The summed E-state index contributed by atoms with van der Waals surface area (Å²) in [5.74, 6) is 0.0383.